The van der Waals surface area contributed by atoms with Crippen LogP contribution < -0.4 is 5.32 Å². The van der Waals surface area contributed by atoms with Crippen LogP contribution in [0.1, 0.15) is 30.6 Å². The van der Waals surface area contributed by atoms with Gasteiger partial charge < -0.3 is 5.32 Å². The first-order chi connectivity index (χ1) is 7.16. The highest BCUT2D eigenvalue weighted by Crippen LogP contribution is 2.37. The molecule has 2 heteroatoms. The second-order valence-corrected chi connectivity index (χ2v) is 4.49. The summed E-state index contributed by atoms with van der Waals surface area (Å²) in [4.78, 5) is 11.1. The molecule has 1 aromatic carbocycles. The van der Waals surface area contributed by atoms with Gasteiger partial charge in [0, 0.05) is 17.8 Å². The van der Waals surface area contributed by atoms with Crippen molar-refractivity contribution in [2.75, 3.05) is 11.9 Å². The smallest absolute Gasteiger partial charge is 0.159 e. The van der Waals surface area contributed by atoms with Gasteiger partial charge in [0.1, 0.15) is 0 Å². The standard InChI is InChI=1S/C13H17NO/c1-9-7-12(9)8-14-13-5-3-11(4-6-13)10(2)15/h3-6,9,12,14H,7-8H2,1-2H3. The van der Waals surface area contributed by atoms with Crippen LogP contribution in [-0.4, -0.2) is 12.3 Å². The summed E-state index contributed by atoms with van der Waals surface area (Å²) >= 11 is 0. The van der Waals surface area contributed by atoms with Crippen LogP contribution in [0.15, 0.2) is 24.3 Å². The Morgan fingerprint density at radius 3 is 2.47 bits per heavy atom. The van der Waals surface area contributed by atoms with Crippen molar-refractivity contribution in [3.05, 3.63) is 29.8 Å². The normalized spacial score (nSPS) is 23.6. The highest BCUT2D eigenvalue weighted by molar-refractivity contribution is 5.94. The van der Waals surface area contributed by atoms with Crippen molar-refractivity contribution in [3.63, 3.8) is 0 Å². The Hall–Kier alpha value is -1.31. The first-order valence-corrected chi connectivity index (χ1v) is 5.51. The van der Waals surface area contributed by atoms with Crippen LogP contribution in [0.4, 0.5) is 5.69 Å². The maximum atomic E-state index is 11.1. The molecule has 2 unspecified atom stereocenters. The van der Waals surface area contributed by atoms with Gasteiger partial charge in [0.25, 0.3) is 0 Å². The van der Waals surface area contributed by atoms with Gasteiger partial charge in [0.05, 0.1) is 0 Å². The largest absolute Gasteiger partial charge is 0.385 e. The molecule has 1 N–H and O–H groups in total. The van der Waals surface area contributed by atoms with E-state index in [4.69, 9.17) is 0 Å². The summed E-state index contributed by atoms with van der Waals surface area (Å²) in [7, 11) is 0. The van der Waals surface area contributed by atoms with Gasteiger partial charge in [-0.05, 0) is 49.4 Å². The monoisotopic (exact) mass is 203 g/mol. The Labute approximate surface area is 90.7 Å². The Balaban J connectivity index is 1.89. The molecule has 0 saturated heterocycles. The van der Waals surface area contributed by atoms with Crippen LogP contribution in [0.2, 0.25) is 0 Å². The number of benzene rings is 1. The number of Topliss-reactive ketones (excluding diaryl/α,β-unsaturated/α-hetero) is 1. The van der Waals surface area contributed by atoms with Crippen LogP contribution in [0, 0.1) is 11.8 Å². The summed E-state index contributed by atoms with van der Waals surface area (Å²) in [5, 5.41) is 3.39. The van der Waals surface area contributed by atoms with Crippen LogP contribution in [0.25, 0.3) is 0 Å². The second-order valence-electron chi connectivity index (χ2n) is 4.49. The number of rotatable bonds is 4. The molecular formula is C13H17NO. The molecule has 1 aliphatic rings. The molecule has 2 rings (SSSR count). The third-order valence-corrected chi connectivity index (χ3v) is 3.14. The zero-order chi connectivity index (χ0) is 10.8. The summed E-state index contributed by atoms with van der Waals surface area (Å²) in [6.07, 6.45) is 1.35. The van der Waals surface area contributed by atoms with E-state index in [1.165, 1.54) is 6.42 Å². The Morgan fingerprint density at radius 2 is 2.00 bits per heavy atom. The zero-order valence-corrected chi connectivity index (χ0v) is 9.29. The molecule has 0 spiro atoms. The van der Waals surface area contributed by atoms with E-state index >= 15 is 0 Å². The summed E-state index contributed by atoms with van der Waals surface area (Å²) < 4.78 is 0. The first kappa shape index (κ1) is 10.2. The minimum atomic E-state index is 0.123. The van der Waals surface area contributed by atoms with Crippen LogP contribution in [0.3, 0.4) is 0 Å². The molecule has 80 valence electrons. The molecule has 2 nitrogen and oxygen atoms in total. The Bertz CT molecular complexity index is 355. The number of hydrogen-bond donors (Lipinski definition) is 1. The number of carbonyl (C=O) groups is 1. The average Bonchev–Trinajstić information content (AvgIpc) is 2.92. The van der Waals surface area contributed by atoms with E-state index in [2.05, 4.69) is 12.2 Å². The van der Waals surface area contributed by atoms with E-state index in [-0.39, 0.29) is 5.78 Å². The lowest BCUT2D eigenvalue weighted by atomic mass is 10.1. The van der Waals surface area contributed by atoms with Gasteiger partial charge in [0.2, 0.25) is 0 Å². The first-order valence-electron chi connectivity index (χ1n) is 5.51. The summed E-state index contributed by atoms with van der Waals surface area (Å²) in [6, 6.07) is 7.70. The third-order valence-electron chi connectivity index (χ3n) is 3.14. The second kappa shape index (κ2) is 4.05. The molecule has 1 saturated carbocycles. The van der Waals surface area contributed by atoms with Crippen LogP contribution in [-0.2, 0) is 0 Å². The van der Waals surface area contributed by atoms with Crippen LogP contribution >= 0.6 is 0 Å². The van der Waals surface area contributed by atoms with Gasteiger partial charge in [-0.25, -0.2) is 0 Å². The topological polar surface area (TPSA) is 29.1 Å². The van der Waals surface area contributed by atoms with Crippen LogP contribution in [0.5, 0.6) is 0 Å². The lowest BCUT2D eigenvalue weighted by molar-refractivity contribution is 0.101. The molecule has 15 heavy (non-hydrogen) atoms. The van der Waals surface area contributed by atoms with E-state index in [9.17, 15) is 4.79 Å². The molecule has 1 fully saturated rings. The van der Waals surface area contributed by atoms with Crippen molar-refractivity contribution in [2.24, 2.45) is 11.8 Å². The molecule has 0 radical (unpaired) electrons. The van der Waals surface area contributed by atoms with Crippen molar-refractivity contribution < 1.29 is 4.79 Å². The van der Waals surface area contributed by atoms with Gasteiger partial charge in [-0.3, -0.25) is 4.79 Å². The van der Waals surface area contributed by atoms with Gasteiger partial charge >= 0.3 is 0 Å². The molecule has 0 aliphatic heterocycles. The molecule has 0 bridgehead atoms. The predicted octanol–water partition coefficient (Wildman–Crippen LogP) is 2.96. The number of ketones is 1. The molecule has 0 aromatic heterocycles. The Kier molecular flexibility index (Phi) is 2.76. The average molecular weight is 203 g/mol. The quantitative estimate of drug-likeness (QED) is 0.762. The number of hydrogen-bond acceptors (Lipinski definition) is 2. The van der Waals surface area contributed by atoms with Gasteiger partial charge in [-0.15, -0.1) is 0 Å². The highest BCUT2D eigenvalue weighted by Gasteiger charge is 2.31. The van der Waals surface area contributed by atoms with E-state index < -0.39 is 0 Å². The Morgan fingerprint density at radius 1 is 1.40 bits per heavy atom. The molecule has 2 atom stereocenters. The molecule has 1 aliphatic carbocycles. The SMILES string of the molecule is CC(=O)c1ccc(NCC2CC2C)cc1. The van der Waals surface area contributed by atoms with Crippen molar-refractivity contribution in [1.29, 1.82) is 0 Å². The van der Waals surface area contributed by atoms with E-state index in [0.29, 0.717) is 0 Å². The molecule has 1 aromatic rings. The highest BCUT2D eigenvalue weighted by atomic mass is 16.1. The van der Waals surface area contributed by atoms with Crippen molar-refractivity contribution in [3.8, 4) is 0 Å². The van der Waals surface area contributed by atoms with E-state index in [1.807, 2.05) is 24.3 Å². The third kappa shape index (κ3) is 2.58. The number of carbonyl (C=O) groups excluding carboxylic acids is 1. The van der Waals surface area contributed by atoms with Crippen molar-refractivity contribution in [2.45, 2.75) is 20.3 Å². The van der Waals surface area contributed by atoms with E-state index in [1.54, 1.807) is 6.92 Å². The fourth-order valence-electron chi connectivity index (χ4n) is 1.76. The zero-order valence-electron chi connectivity index (χ0n) is 9.29. The fraction of sp³-hybridized carbons (Fsp3) is 0.462. The summed E-state index contributed by atoms with van der Waals surface area (Å²) in [6.45, 7) is 4.93. The fourth-order valence-corrected chi connectivity index (χ4v) is 1.76. The minimum absolute atomic E-state index is 0.123. The predicted molar refractivity (Wildman–Crippen MR) is 62.2 cm³/mol. The van der Waals surface area contributed by atoms with Gasteiger partial charge in [-0.1, -0.05) is 6.92 Å². The lowest BCUT2D eigenvalue weighted by Gasteiger charge is -2.05. The maximum Gasteiger partial charge on any atom is 0.159 e. The number of anilines is 1. The molecule has 0 heterocycles. The van der Waals surface area contributed by atoms with Gasteiger partial charge in [0.15, 0.2) is 5.78 Å². The maximum absolute atomic E-state index is 11.1. The molecular weight excluding hydrogens is 186 g/mol. The van der Waals surface area contributed by atoms with Crippen molar-refractivity contribution in [1.82, 2.24) is 0 Å². The lowest BCUT2D eigenvalue weighted by Crippen LogP contribution is -2.04. The van der Waals surface area contributed by atoms with Gasteiger partial charge in [-0.2, -0.15) is 0 Å². The summed E-state index contributed by atoms with van der Waals surface area (Å²) in [5.41, 5.74) is 1.89. The van der Waals surface area contributed by atoms with Crippen molar-refractivity contribution >= 4 is 11.5 Å². The van der Waals surface area contributed by atoms with E-state index in [0.717, 1.165) is 29.6 Å². The minimum Gasteiger partial charge on any atom is -0.385 e. The number of nitrogens with one attached hydrogen (secondary N) is 1. The molecule has 0 amide bonds. The summed E-state index contributed by atoms with van der Waals surface area (Å²) in [5.74, 6) is 1.85.